The highest BCUT2D eigenvalue weighted by atomic mass is 35.5. The fraction of sp³-hybridized carbons (Fsp3) is 0.316. The Morgan fingerprint density at radius 3 is 2.72 bits per heavy atom. The zero-order valence-corrected chi connectivity index (χ0v) is 17.6. The molecule has 2 aliphatic rings. The number of fused-ring (bicyclic) bond motifs is 1. The van der Waals surface area contributed by atoms with Crippen molar-refractivity contribution in [1.29, 1.82) is 0 Å². The Kier molecular flexibility index (Phi) is 5.61. The Hall–Kier alpha value is -2.00. The SMILES string of the molecule is O=C(Nc1ccc2c(c1)OCO2)[C@H]1CCCN(S(=O)(=O)c2cc(Cl)ccc2Cl)C1. The number of carbonyl (C=O) groups is 1. The van der Waals surface area contributed by atoms with Gasteiger partial charge in [-0.25, -0.2) is 8.42 Å². The second-order valence-electron chi connectivity index (χ2n) is 6.83. The molecule has 0 bridgehead atoms. The minimum absolute atomic E-state index is 0.0523. The third kappa shape index (κ3) is 4.16. The quantitative estimate of drug-likeness (QED) is 0.756. The first-order valence-corrected chi connectivity index (χ1v) is 11.2. The van der Waals surface area contributed by atoms with E-state index in [1.165, 1.54) is 22.5 Å². The fourth-order valence-electron chi connectivity index (χ4n) is 3.41. The summed E-state index contributed by atoms with van der Waals surface area (Å²) >= 11 is 12.0. The molecule has 0 saturated carbocycles. The molecule has 0 radical (unpaired) electrons. The van der Waals surface area contributed by atoms with E-state index in [9.17, 15) is 13.2 Å². The van der Waals surface area contributed by atoms with Gasteiger partial charge in [0.05, 0.1) is 10.9 Å². The minimum atomic E-state index is -3.86. The number of amides is 1. The molecule has 1 atom stereocenters. The zero-order valence-electron chi connectivity index (χ0n) is 15.2. The van der Waals surface area contributed by atoms with Crippen molar-refractivity contribution in [2.75, 3.05) is 25.2 Å². The smallest absolute Gasteiger partial charge is 0.244 e. The van der Waals surface area contributed by atoms with Gasteiger partial charge in [-0.2, -0.15) is 4.31 Å². The minimum Gasteiger partial charge on any atom is -0.454 e. The van der Waals surface area contributed by atoms with Crippen molar-refractivity contribution in [2.24, 2.45) is 5.92 Å². The molecule has 0 aromatic heterocycles. The van der Waals surface area contributed by atoms with Crippen LogP contribution >= 0.6 is 23.2 Å². The number of hydrogen-bond acceptors (Lipinski definition) is 5. The molecule has 0 unspecified atom stereocenters. The Morgan fingerprint density at radius 1 is 1.10 bits per heavy atom. The van der Waals surface area contributed by atoms with Crippen LogP contribution in [-0.4, -0.2) is 38.5 Å². The number of carbonyl (C=O) groups excluding carboxylic acids is 1. The first-order valence-electron chi connectivity index (χ1n) is 9.00. The Bertz CT molecular complexity index is 1060. The highest BCUT2D eigenvalue weighted by molar-refractivity contribution is 7.89. The third-order valence-electron chi connectivity index (χ3n) is 4.91. The number of sulfonamides is 1. The van der Waals surface area contributed by atoms with Crippen molar-refractivity contribution in [3.8, 4) is 11.5 Å². The molecule has 2 aromatic carbocycles. The van der Waals surface area contributed by atoms with Crippen molar-refractivity contribution in [3.63, 3.8) is 0 Å². The van der Waals surface area contributed by atoms with E-state index in [1.54, 1.807) is 18.2 Å². The van der Waals surface area contributed by atoms with E-state index in [0.29, 0.717) is 36.6 Å². The van der Waals surface area contributed by atoms with E-state index in [2.05, 4.69) is 5.32 Å². The summed E-state index contributed by atoms with van der Waals surface area (Å²) in [5.74, 6) is 0.449. The van der Waals surface area contributed by atoms with Gasteiger partial charge in [0.2, 0.25) is 22.7 Å². The predicted molar refractivity (Wildman–Crippen MR) is 109 cm³/mol. The van der Waals surface area contributed by atoms with Gasteiger partial charge in [-0.05, 0) is 43.2 Å². The molecule has 29 heavy (non-hydrogen) atoms. The largest absolute Gasteiger partial charge is 0.454 e. The van der Waals surface area contributed by atoms with Gasteiger partial charge in [0.25, 0.3) is 0 Å². The summed E-state index contributed by atoms with van der Waals surface area (Å²) in [6, 6.07) is 9.43. The van der Waals surface area contributed by atoms with Crippen molar-refractivity contribution in [1.82, 2.24) is 4.31 Å². The highest BCUT2D eigenvalue weighted by Crippen LogP contribution is 2.35. The van der Waals surface area contributed by atoms with Crippen LogP contribution in [0.25, 0.3) is 0 Å². The maximum Gasteiger partial charge on any atom is 0.244 e. The van der Waals surface area contributed by atoms with E-state index in [1.807, 2.05) is 0 Å². The van der Waals surface area contributed by atoms with Crippen LogP contribution in [0.1, 0.15) is 12.8 Å². The van der Waals surface area contributed by atoms with Gasteiger partial charge in [-0.15, -0.1) is 0 Å². The number of anilines is 1. The average molecular weight is 457 g/mol. The van der Waals surface area contributed by atoms with E-state index in [-0.39, 0.29) is 34.2 Å². The van der Waals surface area contributed by atoms with Gasteiger partial charge < -0.3 is 14.8 Å². The summed E-state index contributed by atoms with van der Waals surface area (Å²) in [4.78, 5) is 12.7. The number of rotatable bonds is 4. The molecule has 1 saturated heterocycles. The van der Waals surface area contributed by atoms with Crippen LogP contribution in [0, 0.1) is 5.92 Å². The maximum atomic E-state index is 13.0. The molecular weight excluding hydrogens is 439 g/mol. The van der Waals surface area contributed by atoms with Crippen molar-refractivity contribution >= 4 is 44.8 Å². The number of nitrogens with zero attached hydrogens (tertiary/aromatic N) is 1. The lowest BCUT2D eigenvalue weighted by Gasteiger charge is -2.31. The molecule has 2 aromatic rings. The molecule has 2 aliphatic heterocycles. The van der Waals surface area contributed by atoms with E-state index in [0.717, 1.165) is 0 Å². The lowest BCUT2D eigenvalue weighted by Crippen LogP contribution is -2.43. The molecule has 1 N–H and O–H groups in total. The molecule has 0 spiro atoms. The topological polar surface area (TPSA) is 84.9 Å². The number of benzene rings is 2. The van der Waals surface area contributed by atoms with Crippen molar-refractivity contribution in [3.05, 3.63) is 46.4 Å². The number of halogens is 2. The molecular formula is C19H18Cl2N2O5S. The second kappa shape index (κ2) is 8.02. The second-order valence-corrected chi connectivity index (χ2v) is 9.58. The summed E-state index contributed by atoms with van der Waals surface area (Å²) in [5.41, 5.74) is 0.567. The van der Waals surface area contributed by atoms with Gasteiger partial charge in [0, 0.05) is 29.9 Å². The number of piperidine rings is 1. The third-order valence-corrected chi connectivity index (χ3v) is 7.49. The monoisotopic (exact) mass is 456 g/mol. The van der Waals surface area contributed by atoms with E-state index < -0.39 is 15.9 Å². The standard InChI is InChI=1S/C19H18Cl2N2O5S/c20-13-3-5-15(21)18(8-13)29(25,26)23-7-1-2-12(10-23)19(24)22-14-4-6-16-17(9-14)28-11-27-16/h3-6,8-9,12H,1-2,7,10-11H2,(H,22,24)/t12-/m0/s1. The maximum absolute atomic E-state index is 13.0. The molecule has 0 aliphatic carbocycles. The van der Waals surface area contributed by atoms with Crippen LogP contribution in [0.3, 0.4) is 0 Å². The van der Waals surface area contributed by atoms with Crippen LogP contribution < -0.4 is 14.8 Å². The summed E-state index contributed by atoms with van der Waals surface area (Å²) < 4.78 is 37.9. The van der Waals surface area contributed by atoms with E-state index >= 15 is 0 Å². The van der Waals surface area contributed by atoms with Gasteiger partial charge >= 0.3 is 0 Å². The first kappa shape index (κ1) is 20.3. The van der Waals surface area contributed by atoms with Gasteiger partial charge in [-0.1, -0.05) is 23.2 Å². The van der Waals surface area contributed by atoms with Crippen LogP contribution in [0.2, 0.25) is 10.0 Å². The normalized spacial score (nSPS) is 19.2. The Balaban J connectivity index is 1.49. The Morgan fingerprint density at radius 2 is 1.90 bits per heavy atom. The summed E-state index contributed by atoms with van der Waals surface area (Å²) in [7, 11) is -3.86. The van der Waals surface area contributed by atoms with Crippen LogP contribution in [0.5, 0.6) is 11.5 Å². The van der Waals surface area contributed by atoms with Crippen LogP contribution in [0.4, 0.5) is 5.69 Å². The van der Waals surface area contributed by atoms with Gasteiger partial charge in [0.15, 0.2) is 11.5 Å². The molecule has 4 rings (SSSR count). The predicted octanol–water partition coefficient (Wildman–Crippen LogP) is 3.76. The van der Waals surface area contributed by atoms with Crippen molar-refractivity contribution in [2.45, 2.75) is 17.7 Å². The highest BCUT2D eigenvalue weighted by Gasteiger charge is 2.34. The summed E-state index contributed by atoms with van der Waals surface area (Å²) in [5, 5.41) is 3.21. The fourth-order valence-corrected chi connectivity index (χ4v) is 5.67. The lowest BCUT2D eigenvalue weighted by molar-refractivity contribution is -0.120. The molecule has 154 valence electrons. The van der Waals surface area contributed by atoms with E-state index in [4.69, 9.17) is 32.7 Å². The van der Waals surface area contributed by atoms with Crippen molar-refractivity contribution < 1.29 is 22.7 Å². The van der Waals surface area contributed by atoms with Crippen LogP contribution in [0.15, 0.2) is 41.3 Å². The lowest BCUT2D eigenvalue weighted by atomic mass is 9.98. The average Bonchev–Trinajstić information content (AvgIpc) is 3.17. The number of hydrogen-bond donors (Lipinski definition) is 1. The van der Waals surface area contributed by atoms with Gasteiger partial charge in [-0.3, -0.25) is 4.79 Å². The summed E-state index contributed by atoms with van der Waals surface area (Å²) in [6.45, 7) is 0.536. The Labute approximate surface area is 178 Å². The molecule has 2 heterocycles. The zero-order chi connectivity index (χ0) is 20.6. The molecule has 1 amide bonds. The van der Waals surface area contributed by atoms with Gasteiger partial charge in [0.1, 0.15) is 4.90 Å². The van der Waals surface area contributed by atoms with Crippen LogP contribution in [-0.2, 0) is 14.8 Å². The molecule has 10 heteroatoms. The molecule has 1 fully saturated rings. The first-order chi connectivity index (χ1) is 13.8. The number of nitrogens with one attached hydrogen (secondary N) is 1. The number of ether oxygens (including phenoxy) is 2. The molecule has 7 nitrogen and oxygen atoms in total. The summed E-state index contributed by atoms with van der Waals surface area (Å²) in [6.07, 6.45) is 1.16.